The van der Waals surface area contributed by atoms with Crippen molar-refractivity contribution in [2.24, 2.45) is 0 Å². The molecule has 1 aliphatic rings. The molecule has 0 bridgehead atoms. The summed E-state index contributed by atoms with van der Waals surface area (Å²) >= 11 is 11.8. The first-order chi connectivity index (χ1) is 8.87. The fourth-order valence-electron chi connectivity index (χ4n) is 2.50. The average molecular weight is 323 g/mol. The highest BCUT2D eigenvalue weighted by molar-refractivity contribution is 7.89. The molecular weight excluding hydrogens is 307 g/mol. The van der Waals surface area contributed by atoms with Gasteiger partial charge >= 0.3 is 0 Å². The predicted molar refractivity (Wildman–Crippen MR) is 78.1 cm³/mol. The molecule has 4 nitrogen and oxygen atoms in total. The predicted octanol–water partition coefficient (Wildman–Crippen LogP) is 3.14. The molecule has 1 unspecified atom stereocenters. The molecule has 1 aliphatic heterocycles. The van der Waals surface area contributed by atoms with Crippen molar-refractivity contribution < 1.29 is 8.42 Å². The Labute approximate surface area is 123 Å². The van der Waals surface area contributed by atoms with Crippen LogP contribution in [0.15, 0.2) is 17.0 Å². The Balaban J connectivity index is 2.51. The molecule has 0 amide bonds. The second kappa shape index (κ2) is 5.48. The molecule has 1 fully saturated rings. The van der Waals surface area contributed by atoms with E-state index in [1.807, 2.05) is 6.92 Å². The van der Waals surface area contributed by atoms with E-state index in [0.717, 1.165) is 19.3 Å². The minimum Gasteiger partial charge on any atom is -0.398 e. The van der Waals surface area contributed by atoms with Gasteiger partial charge in [-0.15, -0.1) is 0 Å². The van der Waals surface area contributed by atoms with Gasteiger partial charge in [0.25, 0.3) is 0 Å². The van der Waals surface area contributed by atoms with Gasteiger partial charge in [0.05, 0.1) is 10.7 Å². The number of hydrogen-bond acceptors (Lipinski definition) is 3. The maximum Gasteiger partial charge on any atom is 0.246 e. The van der Waals surface area contributed by atoms with Crippen LogP contribution in [-0.4, -0.2) is 25.3 Å². The van der Waals surface area contributed by atoms with E-state index >= 15 is 0 Å². The summed E-state index contributed by atoms with van der Waals surface area (Å²) in [5, 5.41) is 0.404. The first kappa shape index (κ1) is 14.9. The van der Waals surface area contributed by atoms with Crippen molar-refractivity contribution in [3.8, 4) is 0 Å². The van der Waals surface area contributed by atoms with Crippen molar-refractivity contribution in [2.45, 2.75) is 37.1 Å². The first-order valence-corrected chi connectivity index (χ1v) is 8.34. The van der Waals surface area contributed by atoms with Crippen molar-refractivity contribution in [3.05, 3.63) is 22.2 Å². The lowest BCUT2D eigenvalue weighted by molar-refractivity contribution is 0.380. The van der Waals surface area contributed by atoms with E-state index in [1.165, 1.54) is 16.4 Å². The van der Waals surface area contributed by atoms with E-state index in [2.05, 4.69) is 0 Å². The Kier molecular flexibility index (Phi) is 4.30. The molecule has 1 aromatic rings. The highest BCUT2D eigenvalue weighted by atomic mass is 35.5. The number of halogens is 2. The van der Waals surface area contributed by atoms with Crippen molar-refractivity contribution >= 4 is 38.9 Å². The third-order valence-corrected chi connectivity index (χ3v) is 6.10. The van der Waals surface area contributed by atoms with E-state index in [9.17, 15) is 8.42 Å². The third kappa shape index (κ3) is 2.70. The summed E-state index contributed by atoms with van der Waals surface area (Å²) in [6.07, 6.45) is 2.52. The summed E-state index contributed by atoms with van der Waals surface area (Å²) < 4.78 is 26.8. The molecule has 1 heterocycles. The highest BCUT2D eigenvalue weighted by Gasteiger charge is 2.36. The van der Waals surface area contributed by atoms with Crippen molar-refractivity contribution in [3.63, 3.8) is 0 Å². The van der Waals surface area contributed by atoms with E-state index in [-0.39, 0.29) is 21.6 Å². The maximum absolute atomic E-state index is 12.7. The number of hydrogen-bond donors (Lipinski definition) is 1. The van der Waals surface area contributed by atoms with E-state index in [0.29, 0.717) is 11.6 Å². The number of rotatable bonds is 3. The molecule has 0 spiro atoms. The Morgan fingerprint density at radius 2 is 2.11 bits per heavy atom. The quantitative estimate of drug-likeness (QED) is 0.869. The zero-order valence-corrected chi connectivity index (χ0v) is 12.9. The van der Waals surface area contributed by atoms with Crippen molar-refractivity contribution in [2.75, 3.05) is 12.3 Å². The number of sulfonamides is 1. The molecule has 0 aliphatic carbocycles. The van der Waals surface area contributed by atoms with Crippen LogP contribution in [0.2, 0.25) is 10.0 Å². The van der Waals surface area contributed by atoms with Gasteiger partial charge in [-0.1, -0.05) is 30.1 Å². The van der Waals surface area contributed by atoms with Crippen LogP contribution < -0.4 is 5.73 Å². The minimum atomic E-state index is -3.66. The van der Waals surface area contributed by atoms with Gasteiger partial charge in [-0.25, -0.2) is 8.42 Å². The fourth-order valence-corrected chi connectivity index (χ4v) is 5.22. The van der Waals surface area contributed by atoms with Crippen LogP contribution in [0.4, 0.5) is 5.69 Å². The molecule has 0 aromatic heterocycles. The minimum absolute atomic E-state index is 0.0242. The van der Waals surface area contributed by atoms with Gasteiger partial charge < -0.3 is 5.73 Å². The molecule has 0 saturated carbocycles. The second-order valence-corrected chi connectivity index (χ2v) is 7.30. The second-order valence-electron chi connectivity index (χ2n) is 4.63. The van der Waals surface area contributed by atoms with E-state index in [4.69, 9.17) is 28.9 Å². The van der Waals surface area contributed by atoms with Crippen LogP contribution in [0.3, 0.4) is 0 Å². The summed E-state index contributed by atoms with van der Waals surface area (Å²) in [4.78, 5) is -0.0288. The standard InChI is InChI=1S/C12H16Cl2N2O2S/c1-2-9-4-3-5-16(9)19(17,18)12-10(14)6-8(13)7-11(12)15/h6-7,9H,2-5,15H2,1H3. The molecule has 2 N–H and O–H groups in total. The molecule has 19 heavy (non-hydrogen) atoms. The largest absolute Gasteiger partial charge is 0.398 e. The maximum atomic E-state index is 12.7. The lowest BCUT2D eigenvalue weighted by atomic mass is 10.2. The summed E-state index contributed by atoms with van der Waals surface area (Å²) in [5.41, 5.74) is 5.88. The topological polar surface area (TPSA) is 63.4 Å². The van der Waals surface area contributed by atoms with Crippen molar-refractivity contribution in [1.29, 1.82) is 0 Å². The summed E-state index contributed by atoms with van der Waals surface area (Å²) in [7, 11) is -3.66. The smallest absolute Gasteiger partial charge is 0.246 e. The summed E-state index contributed by atoms with van der Waals surface area (Å²) in [6, 6.07) is 2.84. The van der Waals surface area contributed by atoms with E-state index < -0.39 is 10.0 Å². The number of nitrogens with two attached hydrogens (primary N) is 1. The Morgan fingerprint density at radius 3 is 2.68 bits per heavy atom. The Bertz CT molecular complexity index is 566. The summed E-state index contributed by atoms with van der Waals surface area (Å²) in [5.74, 6) is 0. The van der Waals surface area contributed by atoms with Gasteiger partial charge in [-0.05, 0) is 31.4 Å². The zero-order chi connectivity index (χ0) is 14.2. The van der Waals surface area contributed by atoms with Crippen LogP contribution in [-0.2, 0) is 10.0 Å². The number of nitrogens with zero attached hydrogens (tertiary/aromatic N) is 1. The van der Waals surface area contributed by atoms with Gasteiger partial charge in [0.15, 0.2) is 0 Å². The van der Waals surface area contributed by atoms with Crippen LogP contribution in [0.1, 0.15) is 26.2 Å². The fraction of sp³-hybridized carbons (Fsp3) is 0.500. The van der Waals surface area contributed by atoms with Gasteiger partial charge in [-0.3, -0.25) is 0 Å². The molecular formula is C12H16Cl2N2O2S. The molecule has 1 aromatic carbocycles. The van der Waals surface area contributed by atoms with Crippen LogP contribution in [0.5, 0.6) is 0 Å². The van der Waals surface area contributed by atoms with Crippen molar-refractivity contribution in [1.82, 2.24) is 4.31 Å². The third-order valence-electron chi connectivity index (χ3n) is 3.40. The number of anilines is 1. The van der Waals surface area contributed by atoms with Gasteiger partial charge in [-0.2, -0.15) is 4.31 Å². The average Bonchev–Trinajstić information content (AvgIpc) is 2.75. The first-order valence-electron chi connectivity index (χ1n) is 6.14. The number of nitrogen functional groups attached to an aromatic ring is 1. The van der Waals surface area contributed by atoms with Crippen LogP contribution in [0, 0.1) is 0 Å². The van der Waals surface area contributed by atoms with Gasteiger partial charge in [0.1, 0.15) is 4.90 Å². The molecule has 2 rings (SSSR count). The Morgan fingerprint density at radius 1 is 1.42 bits per heavy atom. The Hall–Kier alpha value is -0.490. The zero-order valence-electron chi connectivity index (χ0n) is 10.6. The molecule has 1 saturated heterocycles. The highest BCUT2D eigenvalue weighted by Crippen LogP contribution is 2.36. The van der Waals surface area contributed by atoms with Crippen LogP contribution >= 0.6 is 23.2 Å². The monoisotopic (exact) mass is 322 g/mol. The lowest BCUT2D eigenvalue weighted by Crippen LogP contribution is -2.35. The molecule has 1 atom stereocenters. The normalized spacial score (nSPS) is 20.9. The summed E-state index contributed by atoms with van der Waals surface area (Å²) in [6.45, 7) is 2.49. The van der Waals surface area contributed by atoms with Gasteiger partial charge in [0.2, 0.25) is 10.0 Å². The van der Waals surface area contributed by atoms with E-state index in [1.54, 1.807) is 0 Å². The molecule has 0 radical (unpaired) electrons. The van der Waals surface area contributed by atoms with Crippen LogP contribution in [0.25, 0.3) is 0 Å². The number of benzene rings is 1. The lowest BCUT2D eigenvalue weighted by Gasteiger charge is -2.24. The molecule has 7 heteroatoms. The van der Waals surface area contributed by atoms with Gasteiger partial charge in [0, 0.05) is 17.6 Å². The SMILES string of the molecule is CCC1CCCN1S(=O)(=O)c1c(N)cc(Cl)cc1Cl. The molecule has 106 valence electrons.